The molecule has 3 heteroatoms. The molecular formula is C21H22O3. The van der Waals surface area contributed by atoms with E-state index in [1.807, 2.05) is 61.5 Å². The molecule has 0 fully saturated rings. The summed E-state index contributed by atoms with van der Waals surface area (Å²) < 4.78 is 4.62. The Kier molecular flexibility index (Phi) is 6.50. The number of carbonyl (C=O) groups is 2. The average Bonchev–Trinajstić information content (AvgIpc) is 2.61. The van der Waals surface area contributed by atoms with Crippen molar-refractivity contribution >= 4 is 17.8 Å². The van der Waals surface area contributed by atoms with Gasteiger partial charge in [0.05, 0.1) is 7.11 Å². The molecule has 0 N–H and O–H groups in total. The maximum Gasteiger partial charge on any atom is 0.305 e. The van der Waals surface area contributed by atoms with Gasteiger partial charge in [0.2, 0.25) is 0 Å². The second-order valence-corrected chi connectivity index (χ2v) is 5.73. The highest BCUT2D eigenvalue weighted by atomic mass is 16.5. The van der Waals surface area contributed by atoms with Crippen LogP contribution in [0.1, 0.15) is 39.9 Å². The van der Waals surface area contributed by atoms with E-state index in [1.54, 1.807) is 6.08 Å². The lowest BCUT2D eigenvalue weighted by molar-refractivity contribution is -0.140. The Balaban J connectivity index is 1.91. The largest absolute Gasteiger partial charge is 0.469 e. The Hall–Kier alpha value is -2.68. The summed E-state index contributed by atoms with van der Waals surface area (Å²) in [6.45, 7) is 2.03. The van der Waals surface area contributed by atoms with Gasteiger partial charge >= 0.3 is 5.97 Å². The van der Waals surface area contributed by atoms with Crippen molar-refractivity contribution in [1.82, 2.24) is 0 Å². The first-order valence-electron chi connectivity index (χ1n) is 8.03. The van der Waals surface area contributed by atoms with E-state index in [1.165, 1.54) is 12.7 Å². The van der Waals surface area contributed by atoms with Crippen LogP contribution in [0.5, 0.6) is 0 Å². The maximum atomic E-state index is 12.2. The van der Waals surface area contributed by atoms with E-state index in [2.05, 4.69) is 4.74 Å². The normalized spacial score (nSPS) is 10.8. The van der Waals surface area contributed by atoms with Gasteiger partial charge in [0.15, 0.2) is 5.78 Å². The van der Waals surface area contributed by atoms with Crippen molar-refractivity contribution in [2.24, 2.45) is 0 Å². The van der Waals surface area contributed by atoms with Crippen molar-refractivity contribution in [1.29, 1.82) is 0 Å². The molecule has 2 aromatic rings. The Labute approximate surface area is 143 Å². The molecule has 0 unspecified atom stereocenters. The highest BCUT2D eigenvalue weighted by Crippen LogP contribution is 2.11. The lowest BCUT2D eigenvalue weighted by Crippen LogP contribution is -2.00. The molecule has 0 heterocycles. The second-order valence-electron chi connectivity index (χ2n) is 5.73. The van der Waals surface area contributed by atoms with E-state index in [4.69, 9.17) is 0 Å². The van der Waals surface area contributed by atoms with Crippen LogP contribution in [0.3, 0.4) is 0 Å². The molecular weight excluding hydrogens is 300 g/mol. The summed E-state index contributed by atoms with van der Waals surface area (Å²) in [5.41, 5.74) is 3.97. The number of esters is 1. The Morgan fingerprint density at radius 2 is 1.67 bits per heavy atom. The van der Waals surface area contributed by atoms with Gasteiger partial charge in [-0.3, -0.25) is 9.59 Å². The topological polar surface area (TPSA) is 43.4 Å². The van der Waals surface area contributed by atoms with Gasteiger partial charge in [-0.25, -0.2) is 0 Å². The molecule has 0 radical (unpaired) electrons. The molecule has 0 aliphatic rings. The van der Waals surface area contributed by atoms with Crippen LogP contribution < -0.4 is 0 Å². The summed E-state index contributed by atoms with van der Waals surface area (Å²) in [4.78, 5) is 23.3. The number of ketones is 1. The van der Waals surface area contributed by atoms with E-state index in [9.17, 15) is 9.59 Å². The fourth-order valence-corrected chi connectivity index (χ4v) is 2.32. The number of ether oxygens (including phenoxy) is 1. The lowest BCUT2D eigenvalue weighted by atomic mass is 10.0. The average molecular weight is 322 g/mol. The van der Waals surface area contributed by atoms with Gasteiger partial charge in [0.25, 0.3) is 0 Å². The number of rotatable bonds is 7. The predicted molar refractivity (Wildman–Crippen MR) is 95.9 cm³/mol. The van der Waals surface area contributed by atoms with Crippen molar-refractivity contribution < 1.29 is 14.3 Å². The number of allylic oxidation sites excluding steroid dienone is 1. The predicted octanol–water partition coefficient (Wildman–Crippen LogP) is 4.39. The minimum Gasteiger partial charge on any atom is -0.469 e. The number of hydrogen-bond acceptors (Lipinski definition) is 3. The third kappa shape index (κ3) is 5.51. The minimum atomic E-state index is -0.192. The van der Waals surface area contributed by atoms with Crippen LogP contribution >= 0.6 is 0 Å². The van der Waals surface area contributed by atoms with Crippen molar-refractivity contribution in [3.63, 3.8) is 0 Å². The number of carbonyl (C=O) groups excluding carboxylic acids is 2. The molecule has 0 atom stereocenters. The van der Waals surface area contributed by atoms with Gasteiger partial charge in [0, 0.05) is 12.0 Å². The quantitative estimate of drug-likeness (QED) is 0.431. The summed E-state index contributed by atoms with van der Waals surface area (Å²) in [6.07, 6.45) is 5.37. The van der Waals surface area contributed by atoms with Crippen LogP contribution in [-0.4, -0.2) is 18.9 Å². The first-order valence-corrected chi connectivity index (χ1v) is 8.03. The molecule has 0 saturated carbocycles. The van der Waals surface area contributed by atoms with Gasteiger partial charge in [-0.2, -0.15) is 0 Å². The highest BCUT2D eigenvalue weighted by molar-refractivity contribution is 6.06. The van der Waals surface area contributed by atoms with Crippen LogP contribution in [0.4, 0.5) is 0 Å². The van der Waals surface area contributed by atoms with Gasteiger partial charge in [-0.05, 0) is 37.0 Å². The van der Waals surface area contributed by atoms with Crippen molar-refractivity contribution in [2.75, 3.05) is 7.11 Å². The number of aryl methyl sites for hydroxylation is 2. The molecule has 0 bridgehead atoms. The Morgan fingerprint density at radius 3 is 2.29 bits per heavy atom. The van der Waals surface area contributed by atoms with Crippen molar-refractivity contribution in [2.45, 2.75) is 26.2 Å². The zero-order valence-electron chi connectivity index (χ0n) is 14.1. The van der Waals surface area contributed by atoms with Crippen LogP contribution in [0.2, 0.25) is 0 Å². The van der Waals surface area contributed by atoms with Crippen LogP contribution in [0.15, 0.2) is 54.6 Å². The molecule has 3 nitrogen and oxygen atoms in total. The monoisotopic (exact) mass is 322 g/mol. The molecule has 0 aromatic heterocycles. The SMILES string of the molecule is COC(=O)CCCc1ccc(C(=O)/C=C/c2ccc(C)cc2)cc1. The molecule has 2 aromatic carbocycles. The summed E-state index contributed by atoms with van der Waals surface area (Å²) in [7, 11) is 1.40. The highest BCUT2D eigenvalue weighted by Gasteiger charge is 2.03. The molecule has 0 spiro atoms. The summed E-state index contributed by atoms with van der Waals surface area (Å²) in [5.74, 6) is -0.209. The number of benzene rings is 2. The first-order chi connectivity index (χ1) is 11.6. The van der Waals surface area contributed by atoms with E-state index in [0.717, 1.165) is 24.0 Å². The summed E-state index contributed by atoms with van der Waals surface area (Å²) >= 11 is 0. The van der Waals surface area contributed by atoms with Gasteiger partial charge in [0.1, 0.15) is 0 Å². The van der Waals surface area contributed by atoms with Crippen LogP contribution in [-0.2, 0) is 16.0 Å². The van der Waals surface area contributed by atoms with E-state index < -0.39 is 0 Å². The zero-order chi connectivity index (χ0) is 17.4. The zero-order valence-corrected chi connectivity index (χ0v) is 14.1. The molecule has 0 aliphatic carbocycles. The van der Waals surface area contributed by atoms with Crippen molar-refractivity contribution in [3.8, 4) is 0 Å². The Morgan fingerprint density at radius 1 is 1.00 bits per heavy atom. The smallest absolute Gasteiger partial charge is 0.305 e. The number of methoxy groups -OCH3 is 1. The maximum absolute atomic E-state index is 12.2. The lowest BCUT2D eigenvalue weighted by Gasteiger charge is -2.02. The fraction of sp³-hybridized carbons (Fsp3) is 0.238. The van der Waals surface area contributed by atoms with Gasteiger partial charge in [-0.1, -0.05) is 60.2 Å². The standard InChI is InChI=1S/C21H22O3/c1-16-6-8-18(9-7-16)12-15-20(22)19-13-10-17(11-14-19)4-3-5-21(23)24-2/h6-15H,3-5H2,1-2H3/b15-12+. The van der Waals surface area contributed by atoms with Gasteiger partial charge < -0.3 is 4.74 Å². The number of hydrogen-bond donors (Lipinski definition) is 0. The van der Waals surface area contributed by atoms with E-state index >= 15 is 0 Å². The third-order valence-electron chi connectivity index (χ3n) is 3.82. The van der Waals surface area contributed by atoms with E-state index in [-0.39, 0.29) is 11.8 Å². The Bertz CT molecular complexity index is 710. The second kappa shape index (κ2) is 8.82. The molecule has 0 amide bonds. The van der Waals surface area contributed by atoms with Gasteiger partial charge in [-0.15, -0.1) is 0 Å². The van der Waals surface area contributed by atoms with E-state index in [0.29, 0.717) is 12.0 Å². The summed E-state index contributed by atoms with van der Waals surface area (Å²) in [5, 5.41) is 0. The third-order valence-corrected chi connectivity index (χ3v) is 3.82. The van der Waals surface area contributed by atoms with Crippen LogP contribution in [0, 0.1) is 6.92 Å². The molecule has 0 aliphatic heterocycles. The molecule has 2 rings (SSSR count). The molecule has 24 heavy (non-hydrogen) atoms. The van der Waals surface area contributed by atoms with Crippen LogP contribution in [0.25, 0.3) is 6.08 Å². The minimum absolute atomic E-state index is 0.0170. The molecule has 0 saturated heterocycles. The first kappa shape index (κ1) is 17.7. The molecule has 124 valence electrons. The van der Waals surface area contributed by atoms with Crippen molar-refractivity contribution in [3.05, 3.63) is 76.9 Å². The fourth-order valence-electron chi connectivity index (χ4n) is 2.32. The summed E-state index contributed by atoms with van der Waals surface area (Å²) in [6, 6.07) is 15.5.